The topological polar surface area (TPSA) is 80.3 Å². The first kappa shape index (κ1) is 27.4. The molecular weight excluding hydrogens is 531 g/mol. The maximum atomic E-state index is 13.5. The average molecular weight is 556 g/mol. The number of amides is 2. The molecule has 0 aliphatic carbocycles. The van der Waals surface area contributed by atoms with Crippen molar-refractivity contribution in [3.05, 3.63) is 125 Å². The lowest BCUT2D eigenvalue weighted by Crippen LogP contribution is -2.25. The number of nitrogens with one attached hydrogen (secondary N) is 2. The van der Waals surface area contributed by atoms with Crippen LogP contribution >= 0.6 is 0 Å². The second kappa shape index (κ2) is 11.5. The van der Waals surface area contributed by atoms with Crippen molar-refractivity contribution >= 4 is 28.5 Å². The van der Waals surface area contributed by atoms with E-state index in [9.17, 15) is 22.8 Å². The summed E-state index contributed by atoms with van der Waals surface area (Å²) in [5, 5.41) is 6.33. The largest absolute Gasteiger partial charge is 0.497 e. The number of methoxy groups -OCH3 is 1. The number of rotatable bonds is 7. The molecule has 0 saturated heterocycles. The number of fused-ring (bicyclic) bond motifs is 1. The Morgan fingerprint density at radius 3 is 2.20 bits per heavy atom. The summed E-state index contributed by atoms with van der Waals surface area (Å²) >= 11 is 0. The van der Waals surface area contributed by atoms with Crippen molar-refractivity contribution < 1.29 is 27.5 Å². The summed E-state index contributed by atoms with van der Waals surface area (Å²) < 4.78 is 44.3. The third-order valence-corrected chi connectivity index (χ3v) is 6.51. The Morgan fingerprint density at radius 2 is 1.49 bits per heavy atom. The molecule has 0 saturated carbocycles. The Bertz CT molecular complexity index is 1720. The summed E-state index contributed by atoms with van der Waals surface area (Å²) in [5.74, 6) is -0.249. The van der Waals surface area contributed by atoms with E-state index in [1.54, 1.807) is 61.7 Å². The molecule has 41 heavy (non-hydrogen) atoms. The van der Waals surface area contributed by atoms with Gasteiger partial charge in [0.25, 0.3) is 11.8 Å². The van der Waals surface area contributed by atoms with E-state index >= 15 is 0 Å². The normalized spacial score (nSPS) is 11.2. The number of hydrogen-bond donors (Lipinski definition) is 2. The molecule has 5 rings (SSSR count). The molecule has 0 aliphatic heterocycles. The van der Waals surface area contributed by atoms with Crippen molar-refractivity contribution in [1.82, 2.24) is 10.3 Å². The highest BCUT2D eigenvalue weighted by molar-refractivity contribution is 6.12. The van der Waals surface area contributed by atoms with Gasteiger partial charge in [-0.05, 0) is 59.2 Å². The van der Waals surface area contributed by atoms with Crippen LogP contribution in [0.25, 0.3) is 22.0 Å². The summed E-state index contributed by atoms with van der Waals surface area (Å²) in [5.41, 5.74) is 1.89. The number of para-hydroxylation sites is 1. The van der Waals surface area contributed by atoms with Crippen molar-refractivity contribution in [2.75, 3.05) is 12.4 Å². The van der Waals surface area contributed by atoms with E-state index in [2.05, 4.69) is 15.6 Å². The van der Waals surface area contributed by atoms with Crippen LogP contribution in [0.15, 0.2) is 103 Å². The Hall–Kier alpha value is -5.18. The minimum atomic E-state index is -4.47. The van der Waals surface area contributed by atoms with Crippen LogP contribution in [-0.4, -0.2) is 23.9 Å². The van der Waals surface area contributed by atoms with Gasteiger partial charge >= 0.3 is 6.18 Å². The molecule has 0 aliphatic rings. The molecule has 6 nitrogen and oxygen atoms in total. The zero-order valence-corrected chi connectivity index (χ0v) is 21.8. The van der Waals surface area contributed by atoms with Gasteiger partial charge in [0.15, 0.2) is 0 Å². The number of carbonyl (C=O) groups excluding carboxylic acids is 2. The highest BCUT2D eigenvalue weighted by Gasteiger charge is 2.30. The van der Waals surface area contributed by atoms with Gasteiger partial charge in [-0.15, -0.1) is 0 Å². The molecule has 2 N–H and O–H groups in total. The van der Waals surface area contributed by atoms with Crippen LogP contribution < -0.4 is 15.4 Å². The summed E-state index contributed by atoms with van der Waals surface area (Å²) in [6.07, 6.45) is -4.47. The number of alkyl halides is 3. The van der Waals surface area contributed by atoms with Crippen LogP contribution in [0, 0.1) is 0 Å². The van der Waals surface area contributed by atoms with Crippen LogP contribution in [0.2, 0.25) is 0 Å². The molecule has 0 bridgehead atoms. The first-order valence-electron chi connectivity index (χ1n) is 12.6. The monoisotopic (exact) mass is 555 g/mol. The number of ether oxygens (including phenoxy) is 1. The van der Waals surface area contributed by atoms with E-state index in [-0.39, 0.29) is 23.5 Å². The third-order valence-electron chi connectivity index (χ3n) is 6.51. The SMILES string of the molecule is COc1ccc(CNC(=O)c2cc3ccccc3nc2NC(=O)c2ccccc2-c2ccc(C(F)(F)F)cc2)cc1. The lowest BCUT2D eigenvalue weighted by Gasteiger charge is -2.14. The molecule has 0 spiro atoms. The van der Waals surface area contributed by atoms with Gasteiger partial charge < -0.3 is 15.4 Å². The standard InChI is InChI=1S/C32H24F3N3O3/c1-41-24-16-10-20(11-17-24)19-36-30(39)27-18-22-6-2-5-9-28(22)37-29(27)38-31(40)26-8-4-3-7-25(26)21-12-14-23(15-13-21)32(33,34)35/h2-18H,19H2,1H3,(H,36,39)(H,37,38,40). The highest BCUT2D eigenvalue weighted by atomic mass is 19.4. The van der Waals surface area contributed by atoms with Crippen LogP contribution in [0.4, 0.5) is 19.0 Å². The lowest BCUT2D eigenvalue weighted by molar-refractivity contribution is -0.137. The molecule has 1 aromatic heterocycles. The van der Waals surface area contributed by atoms with Gasteiger partial charge in [-0.25, -0.2) is 4.98 Å². The van der Waals surface area contributed by atoms with E-state index in [0.29, 0.717) is 27.8 Å². The minimum Gasteiger partial charge on any atom is -0.497 e. The van der Waals surface area contributed by atoms with Crippen molar-refractivity contribution in [2.24, 2.45) is 0 Å². The number of pyridine rings is 1. The van der Waals surface area contributed by atoms with Gasteiger partial charge in [0, 0.05) is 17.5 Å². The fraction of sp³-hybridized carbons (Fsp3) is 0.0938. The smallest absolute Gasteiger partial charge is 0.416 e. The predicted molar refractivity (Wildman–Crippen MR) is 151 cm³/mol. The number of halogens is 3. The third kappa shape index (κ3) is 6.19. The summed E-state index contributed by atoms with van der Waals surface area (Å²) in [4.78, 5) is 31.4. The molecule has 206 valence electrons. The molecule has 0 radical (unpaired) electrons. The van der Waals surface area contributed by atoms with Crippen LogP contribution in [0.5, 0.6) is 5.75 Å². The number of nitrogens with zero attached hydrogens (tertiary/aromatic N) is 1. The van der Waals surface area contributed by atoms with E-state index in [1.807, 2.05) is 24.3 Å². The predicted octanol–water partition coefficient (Wildman–Crippen LogP) is 7.11. The molecular formula is C32H24F3N3O3. The molecule has 0 unspecified atom stereocenters. The van der Waals surface area contributed by atoms with Crippen molar-refractivity contribution in [3.8, 4) is 16.9 Å². The van der Waals surface area contributed by atoms with Crippen LogP contribution in [-0.2, 0) is 12.7 Å². The fourth-order valence-electron chi connectivity index (χ4n) is 4.35. The van der Waals surface area contributed by atoms with Gasteiger partial charge in [0.2, 0.25) is 0 Å². The van der Waals surface area contributed by atoms with Gasteiger partial charge in [0.05, 0.1) is 23.8 Å². The maximum Gasteiger partial charge on any atom is 0.416 e. The van der Waals surface area contributed by atoms with Crippen molar-refractivity contribution in [2.45, 2.75) is 12.7 Å². The van der Waals surface area contributed by atoms with E-state index in [1.165, 1.54) is 12.1 Å². The van der Waals surface area contributed by atoms with Crippen LogP contribution in [0.3, 0.4) is 0 Å². The second-order valence-corrected chi connectivity index (χ2v) is 9.18. The Labute approximate surface area is 233 Å². The van der Waals surface area contributed by atoms with Crippen LogP contribution in [0.1, 0.15) is 31.8 Å². The first-order valence-corrected chi connectivity index (χ1v) is 12.6. The fourth-order valence-corrected chi connectivity index (χ4v) is 4.35. The number of anilines is 1. The van der Waals surface area contributed by atoms with Gasteiger partial charge in [0.1, 0.15) is 11.6 Å². The second-order valence-electron chi connectivity index (χ2n) is 9.18. The highest BCUT2D eigenvalue weighted by Crippen LogP contribution is 2.32. The average Bonchev–Trinajstić information content (AvgIpc) is 2.99. The number of benzene rings is 4. The summed E-state index contributed by atoms with van der Waals surface area (Å²) in [6, 6.07) is 27.2. The molecule has 1 heterocycles. The molecule has 0 fully saturated rings. The number of aromatic nitrogens is 1. The quantitative estimate of drug-likeness (QED) is 0.224. The summed E-state index contributed by atoms with van der Waals surface area (Å²) in [7, 11) is 1.57. The van der Waals surface area contributed by atoms with Gasteiger partial charge in [-0.3, -0.25) is 9.59 Å². The Morgan fingerprint density at radius 1 is 0.805 bits per heavy atom. The van der Waals surface area contributed by atoms with E-state index in [4.69, 9.17) is 4.74 Å². The number of hydrogen-bond acceptors (Lipinski definition) is 4. The van der Waals surface area contributed by atoms with Crippen molar-refractivity contribution in [1.29, 1.82) is 0 Å². The summed E-state index contributed by atoms with van der Waals surface area (Å²) in [6.45, 7) is 0.236. The Balaban J connectivity index is 1.44. The zero-order chi connectivity index (χ0) is 29.0. The molecule has 9 heteroatoms. The van der Waals surface area contributed by atoms with Gasteiger partial charge in [-0.1, -0.05) is 60.7 Å². The van der Waals surface area contributed by atoms with Crippen molar-refractivity contribution in [3.63, 3.8) is 0 Å². The number of carbonyl (C=O) groups is 2. The molecule has 0 atom stereocenters. The van der Waals surface area contributed by atoms with Gasteiger partial charge in [-0.2, -0.15) is 13.2 Å². The minimum absolute atomic E-state index is 0.0585. The Kier molecular flexibility index (Phi) is 7.69. The van der Waals surface area contributed by atoms with E-state index < -0.39 is 23.6 Å². The lowest BCUT2D eigenvalue weighted by atomic mass is 9.98. The zero-order valence-electron chi connectivity index (χ0n) is 21.8. The molecule has 2 amide bonds. The first-order chi connectivity index (χ1) is 19.7. The molecule has 4 aromatic carbocycles. The van der Waals surface area contributed by atoms with E-state index in [0.717, 1.165) is 17.7 Å². The maximum absolute atomic E-state index is 13.5. The molecule has 5 aromatic rings.